The van der Waals surface area contributed by atoms with Crippen LogP contribution in [-0.4, -0.2) is 51.0 Å². The van der Waals surface area contributed by atoms with Crippen molar-refractivity contribution < 1.29 is 18.0 Å². The highest BCUT2D eigenvalue weighted by Crippen LogP contribution is 2.40. The summed E-state index contributed by atoms with van der Waals surface area (Å²) in [6, 6.07) is 9.53. The minimum Gasteiger partial charge on any atom is -0.341 e. The van der Waals surface area contributed by atoms with E-state index in [4.69, 9.17) is 5.26 Å². The van der Waals surface area contributed by atoms with Gasteiger partial charge in [0.2, 0.25) is 5.91 Å². The molecule has 3 N–H and O–H groups in total. The van der Waals surface area contributed by atoms with Gasteiger partial charge in [-0.2, -0.15) is 5.26 Å². The van der Waals surface area contributed by atoms with Gasteiger partial charge in [-0.25, -0.2) is 13.2 Å². The van der Waals surface area contributed by atoms with Gasteiger partial charge in [-0.15, -0.1) is 0 Å². The number of urea groups is 1. The molecule has 134 valence electrons. The van der Waals surface area contributed by atoms with Crippen LogP contribution in [0.1, 0.15) is 17.9 Å². The molecule has 1 fully saturated rings. The van der Waals surface area contributed by atoms with Crippen LogP contribution in [0.3, 0.4) is 0 Å². The maximum Gasteiger partial charge on any atom is 0.315 e. The van der Waals surface area contributed by atoms with Gasteiger partial charge in [0.1, 0.15) is 22.4 Å². The molecular formula is C16H20N4O4S. The molecule has 1 aliphatic carbocycles. The molecule has 0 heterocycles. The zero-order valence-electron chi connectivity index (χ0n) is 13.7. The average molecular weight is 364 g/mol. The summed E-state index contributed by atoms with van der Waals surface area (Å²) in [5.41, 5.74) is 1.12. The number of sulfone groups is 1. The summed E-state index contributed by atoms with van der Waals surface area (Å²) < 4.78 is 22.9. The number of hydrogen-bond acceptors (Lipinski definition) is 5. The Balaban J connectivity index is 1.91. The van der Waals surface area contributed by atoms with Crippen molar-refractivity contribution in [2.75, 3.05) is 18.6 Å². The molecule has 1 aliphatic rings. The first-order valence-electron chi connectivity index (χ1n) is 7.74. The molecule has 1 aromatic carbocycles. The summed E-state index contributed by atoms with van der Waals surface area (Å²) in [6.45, 7) is -0.263. The molecule has 0 aromatic heterocycles. The van der Waals surface area contributed by atoms with Gasteiger partial charge in [0, 0.05) is 18.2 Å². The molecule has 1 saturated carbocycles. The lowest BCUT2D eigenvalue weighted by molar-refractivity contribution is -0.122. The van der Waals surface area contributed by atoms with Crippen molar-refractivity contribution in [1.82, 2.24) is 16.0 Å². The van der Waals surface area contributed by atoms with Crippen molar-refractivity contribution in [3.63, 3.8) is 0 Å². The third-order valence-electron chi connectivity index (χ3n) is 3.77. The standard InChI is InChI=1S/C16H20N4O4S/c1-25(23,24)10-14(15(21)18-8-7-17)20-16(22)19-13-9-12(13)11-5-3-2-4-6-11/h2-6,12-14H,8-10H2,1H3,(H,18,21)(H2,19,20,22). The maximum absolute atomic E-state index is 12.1. The zero-order chi connectivity index (χ0) is 18.4. The van der Waals surface area contributed by atoms with Crippen molar-refractivity contribution >= 4 is 21.8 Å². The first-order valence-corrected chi connectivity index (χ1v) is 9.80. The minimum absolute atomic E-state index is 0.0524. The van der Waals surface area contributed by atoms with Crippen LogP contribution in [0, 0.1) is 11.3 Å². The quantitative estimate of drug-likeness (QED) is 0.582. The second kappa shape index (κ2) is 7.98. The fourth-order valence-electron chi connectivity index (χ4n) is 2.53. The van der Waals surface area contributed by atoms with Gasteiger partial charge in [0.25, 0.3) is 0 Å². The Morgan fingerprint density at radius 3 is 2.60 bits per heavy atom. The lowest BCUT2D eigenvalue weighted by Gasteiger charge is -2.17. The highest BCUT2D eigenvalue weighted by atomic mass is 32.2. The molecule has 3 amide bonds. The highest BCUT2D eigenvalue weighted by Gasteiger charge is 2.39. The topological polar surface area (TPSA) is 128 Å². The Kier molecular flexibility index (Phi) is 5.98. The Morgan fingerprint density at radius 2 is 2.00 bits per heavy atom. The number of nitrogens with zero attached hydrogens (tertiary/aromatic N) is 1. The molecule has 25 heavy (non-hydrogen) atoms. The first-order chi connectivity index (χ1) is 11.8. The Labute approximate surface area is 146 Å². The molecule has 0 aliphatic heterocycles. The summed E-state index contributed by atoms with van der Waals surface area (Å²) in [4.78, 5) is 24.0. The van der Waals surface area contributed by atoms with Gasteiger partial charge in [-0.05, 0) is 12.0 Å². The van der Waals surface area contributed by atoms with Gasteiger partial charge >= 0.3 is 6.03 Å². The van der Waals surface area contributed by atoms with Crippen molar-refractivity contribution in [3.05, 3.63) is 35.9 Å². The lowest BCUT2D eigenvalue weighted by atomic mass is 10.1. The number of nitriles is 1. The predicted octanol–water partition coefficient (Wildman–Crippen LogP) is -0.105. The van der Waals surface area contributed by atoms with E-state index >= 15 is 0 Å². The maximum atomic E-state index is 12.1. The smallest absolute Gasteiger partial charge is 0.315 e. The van der Waals surface area contributed by atoms with E-state index < -0.39 is 33.6 Å². The third-order valence-corrected chi connectivity index (χ3v) is 4.71. The van der Waals surface area contributed by atoms with E-state index in [1.807, 2.05) is 30.3 Å². The number of benzene rings is 1. The van der Waals surface area contributed by atoms with Crippen molar-refractivity contribution in [2.24, 2.45) is 0 Å². The SMILES string of the molecule is CS(=O)(=O)CC(NC(=O)NC1CC1c1ccccc1)C(=O)NCC#N. The van der Waals surface area contributed by atoms with Crippen LogP contribution in [0.25, 0.3) is 0 Å². The zero-order valence-corrected chi connectivity index (χ0v) is 14.5. The molecular weight excluding hydrogens is 344 g/mol. The Hall–Kier alpha value is -2.60. The predicted molar refractivity (Wildman–Crippen MR) is 91.4 cm³/mol. The molecule has 1 aromatic rings. The number of hydrogen-bond donors (Lipinski definition) is 3. The molecule has 0 bridgehead atoms. The van der Waals surface area contributed by atoms with Crippen LogP contribution in [0.2, 0.25) is 0 Å². The van der Waals surface area contributed by atoms with Crippen molar-refractivity contribution in [2.45, 2.75) is 24.4 Å². The highest BCUT2D eigenvalue weighted by molar-refractivity contribution is 7.90. The van der Waals surface area contributed by atoms with Gasteiger partial charge in [0.05, 0.1) is 11.8 Å². The molecule has 3 atom stereocenters. The fraction of sp³-hybridized carbons (Fsp3) is 0.438. The van der Waals surface area contributed by atoms with Crippen molar-refractivity contribution in [1.29, 1.82) is 5.26 Å². The number of carbonyl (C=O) groups is 2. The number of nitrogens with one attached hydrogen (secondary N) is 3. The summed E-state index contributed by atoms with van der Waals surface area (Å²) in [7, 11) is -3.49. The number of carbonyl (C=O) groups excluding carboxylic acids is 2. The second-order valence-corrected chi connectivity index (χ2v) is 8.18. The van der Waals surface area contributed by atoms with E-state index in [1.165, 1.54) is 0 Å². The van der Waals surface area contributed by atoms with E-state index in [9.17, 15) is 18.0 Å². The van der Waals surface area contributed by atoms with Crippen LogP contribution in [0.15, 0.2) is 30.3 Å². The largest absolute Gasteiger partial charge is 0.341 e. The molecule has 0 radical (unpaired) electrons. The lowest BCUT2D eigenvalue weighted by Crippen LogP contribution is -2.53. The first kappa shape index (κ1) is 18.7. The molecule has 0 saturated heterocycles. The van der Waals surface area contributed by atoms with Crippen LogP contribution in [0.5, 0.6) is 0 Å². The second-order valence-electron chi connectivity index (χ2n) is 6.00. The summed E-state index contributed by atoms with van der Waals surface area (Å²) in [6.07, 6.45) is 1.76. The third kappa shape index (κ3) is 6.08. The molecule has 8 nitrogen and oxygen atoms in total. The summed E-state index contributed by atoms with van der Waals surface area (Å²) >= 11 is 0. The summed E-state index contributed by atoms with van der Waals surface area (Å²) in [5, 5.41) is 15.9. The summed E-state index contributed by atoms with van der Waals surface area (Å²) in [5.74, 6) is -1.03. The van der Waals surface area contributed by atoms with Crippen LogP contribution in [-0.2, 0) is 14.6 Å². The van der Waals surface area contributed by atoms with E-state index in [0.717, 1.165) is 18.2 Å². The van der Waals surface area contributed by atoms with E-state index in [-0.39, 0.29) is 18.5 Å². The normalized spacial score (nSPS) is 20.0. The van der Waals surface area contributed by atoms with Crippen molar-refractivity contribution in [3.8, 4) is 6.07 Å². The number of rotatable bonds is 7. The van der Waals surface area contributed by atoms with E-state index in [1.54, 1.807) is 6.07 Å². The Bertz CT molecular complexity index is 773. The molecule has 3 unspecified atom stereocenters. The van der Waals surface area contributed by atoms with Gasteiger partial charge in [-0.1, -0.05) is 30.3 Å². The molecule has 2 rings (SSSR count). The van der Waals surface area contributed by atoms with Gasteiger partial charge in [-0.3, -0.25) is 4.79 Å². The van der Waals surface area contributed by atoms with E-state index in [0.29, 0.717) is 0 Å². The van der Waals surface area contributed by atoms with Crippen LogP contribution in [0.4, 0.5) is 4.79 Å². The fourth-order valence-corrected chi connectivity index (χ4v) is 3.37. The molecule has 9 heteroatoms. The van der Waals surface area contributed by atoms with Crippen LogP contribution >= 0.6 is 0 Å². The average Bonchev–Trinajstić information content (AvgIpc) is 3.30. The van der Waals surface area contributed by atoms with Gasteiger partial charge in [0.15, 0.2) is 0 Å². The minimum atomic E-state index is -3.49. The van der Waals surface area contributed by atoms with E-state index in [2.05, 4.69) is 16.0 Å². The number of amides is 3. The molecule has 0 spiro atoms. The van der Waals surface area contributed by atoms with Crippen LogP contribution < -0.4 is 16.0 Å². The monoisotopic (exact) mass is 364 g/mol. The Morgan fingerprint density at radius 1 is 1.32 bits per heavy atom. The van der Waals surface area contributed by atoms with Gasteiger partial charge < -0.3 is 16.0 Å².